The number of ether oxygens (including phenoxy) is 3. The first kappa shape index (κ1) is 35.9. The fourth-order valence-electron chi connectivity index (χ4n) is 4.93. The first-order valence-electron chi connectivity index (χ1n) is 14.9. The number of aromatic nitrogens is 1. The van der Waals surface area contributed by atoms with Crippen LogP contribution in [0, 0.1) is 11.2 Å². The summed E-state index contributed by atoms with van der Waals surface area (Å²) in [6.07, 6.45) is 5.46. The van der Waals surface area contributed by atoms with E-state index in [1.807, 2.05) is 0 Å². The molecule has 5 rings (SSSR count). The second-order valence-corrected chi connectivity index (χ2v) is 11.4. The molecule has 0 unspecified atom stereocenters. The number of rotatable bonds is 15. The molecule has 47 heavy (non-hydrogen) atoms. The molecule has 3 N–H and O–H groups in total. The standard InChI is InChI=1S/C34H33ClFN3O7.Na.H/c1-44-29-19-24-26(20-30(29)45-16-5-3-2-4-9-31(40)41)37-15-12-27(24)46-28-11-10-23(18-25(28)36)39-33(43)34(13-14-34)32(42)38-22-8-6-7-21(35)17-22;;/h6-8,10-12,15,17-20H,2-5,9,13-14,16H2,1H3,(H,38,42)(H,39,43)(H,40,41);;/q;+1;-1. The number of carboxylic acid groups (broad SMARTS) is 1. The summed E-state index contributed by atoms with van der Waals surface area (Å²) in [5.74, 6) is -1.29. The summed E-state index contributed by atoms with van der Waals surface area (Å²) in [5.41, 5.74) is -0.0321. The number of carbonyl (C=O) groups excluding carboxylic acids is 2. The monoisotopic (exact) mass is 673 g/mol. The molecule has 242 valence electrons. The first-order chi connectivity index (χ1) is 22.2. The molecule has 0 atom stereocenters. The molecule has 3 aromatic carbocycles. The van der Waals surface area contributed by atoms with Crippen molar-refractivity contribution in [3.05, 3.63) is 77.7 Å². The maximum absolute atomic E-state index is 15.2. The van der Waals surface area contributed by atoms with Crippen LogP contribution in [0.2, 0.25) is 5.02 Å². The molecular formula is C34H34ClFN3NaO7. The summed E-state index contributed by atoms with van der Waals surface area (Å²) >= 11 is 5.99. The van der Waals surface area contributed by atoms with E-state index in [0.717, 1.165) is 25.3 Å². The molecule has 1 fully saturated rings. The topological polar surface area (TPSA) is 136 Å². The molecule has 1 aromatic heterocycles. The molecule has 1 saturated carbocycles. The van der Waals surface area contributed by atoms with E-state index in [-0.39, 0.29) is 48.8 Å². The molecule has 4 aromatic rings. The predicted molar refractivity (Wildman–Crippen MR) is 172 cm³/mol. The van der Waals surface area contributed by atoms with Crippen LogP contribution in [0.5, 0.6) is 23.0 Å². The Labute approximate surface area is 299 Å². The van der Waals surface area contributed by atoms with Gasteiger partial charge in [0.15, 0.2) is 23.1 Å². The number of anilines is 2. The van der Waals surface area contributed by atoms with Gasteiger partial charge in [0.2, 0.25) is 11.8 Å². The number of benzene rings is 3. The second-order valence-electron chi connectivity index (χ2n) is 11.0. The van der Waals surface area contributed by atoms with Crippen molar-refractivity contribution in [3.8, 4) is 23.0 Å². The molecular weight excluding hydrogens is 640 g/mol. The molecule has 0 saturated heterocycles. The molecule has 1 aliphatic rings. The summed E-state index contributed by atoms with van der Waals surface area (Å²) < 4.78 is 32.6. The number of fused-ring (bicyclic) bond motifs is 1. The number of hydrogen-bond donors (Lipinski definition) is 3. The van der Waals surface area contributed by atoms with Gasteiger partial charge in [-0.25, -0.2) is 4.39 Å². The quantitative estimate of drug-likeness (QED) is 0.0938. The van der Waals surface area contributed by atoms with E-state index in [1.54, 1.807) is 42.5 Å². The first-order valence-corrected chi connectivity index (χ1v) is 15.2. The fraction of sp³-hybridized carbons (Fsp3) is 0.294. The Kier molecular flexibility index (Phi) is 12.4. The van der Waals surface area contributed by atoms with Crippen molar-refractivity contribution >= 4 is 51.7 Å². The summed E-state index contributed by atoms with van der Waals surface area (Å²) in [5, 5.41) is 15.2. The van der Waals surface area contributed by atoms with Crippen LogP contribution in [0.1, 0.15) is 46.4 Å². The van der Waals surface area contributed by atoms with Crippen LogP contribution in [0.15, 0.2) is 66.9 Å². The summed E-state index contributed by atoms with van der Waals surface area (Å²) in [4.78, 5) is 41.0. The third kappa shape index (κ3) is 9.13. The van der Waals surface area contributed by atoms with Gasteiger partial charge in [-0.1, -0.05) is 30.5 Å². The smallest absolute Gasteiger partial charge is 1.00 e. The van der Waals surface area contributed by atoms with E-state index in [2.05, 4.69) is 15.6 Å². The van der Waals surface area contributed by atoms with Crippen molar-refractivity contribution in [2.45, 2.75) is 44.9 Å². The van der Waals surface area contributed by atoms with Crippen molar-refractivity contribution in [2.75, 3.05) is 24.4 Å². The van der Waals surface area contributed by atoms with Crippen LogP contribution in [-0.4, -0.2) is 41.6 Å². The Bertz CT molecular complexity index is 1780. The third-order valence-electron chi connectivity index (χ3n) is 7.64. The molecule has 0 aliphatic heterocycles. The average molecular weight is 674 g/mol. The van der Waals surface area contributed by atoms with Gasteiger partial charge in [-0.3, -0.25) is 19.4 Å². The van der Waals surface area contributed by atoms with E-state index in [0.29, 0.717) is 64.7 Å². The van der Waals surface area contributed by atoms with Gasteiger partial charge in [0, 0.05) is 46.5 Å². The van der Waals surface area contributed by atoms with Crippen molar-refractivity contribution in [3.63, 3.8) is 0 Å². The number of carbonyl (C=O) groups is 3. The van der Waals surface area contributed by atoms with Gasteiger partial charge in [0.25, 0.3) is 0 Å². The maximum Gasteiger partial charge on any atom is 1.00 e. The van der Waals surface area contributed by atoms with Crippen molar-refractivity contribution < 1.29 is 69.1 Å². The Balaban J connectivity index is 0.00000312. The number of nitrogens with zero attached hydrogens (tertiary/aromatic N) is 1. The largest absolute Gasteiger partial charge is 1.00 e. The number of aliphatic carboxylic acids is 1. The van der Waals surface area contributed by atoms with Gasteiger partial charge in [0.1, 0.15) is 11.2 Å². The Morgan fingerprint density at radius 1 is 0.915 bits per heavy atom. The van der Waals surface area contributed by atoms with Crippen LogP contribution in [0.4, 0.5) is 15.8 Å². The number of methoxy groups -OCH3 is 1. The summed E-state index contributed by atoms with van der Waals surface area (Å²) in [7, 11) is 1.51. The molecule has 2 amide bonds. The number of amides is 2. The van der Waals surface area contributed by atoms with E-state index in [4.69, 9.17) is 30.9 Å². The second kappa shape index (κ2) is 16.3. The number of nitrogens with one attached hydrogen (secondary N) is 2. The van der Waals surface area contributed by atoms with Crippen LogP contribution >= 0.6 is 11.6 Å². The van der Waals surface area contributed by atoms with E-state index < -0.39 is 29.0 Å². The van der Waals surface area contributed by atoms with Crippen LogP contribution < -0.4 is 54.4 Å². The number of carboxylic acids is 1. The van der Waals surface area contributed by atoms with Gasteiger partial charge in [0.05, 0.1) is 19.2 Å². The summed E-state index contributed by atoms with van der Waals surface area (Å²) in [6, 6.07) is 15.7. The minimum absolute atomic E-state index is 0. The predicted octanol–water partition coefficient (Wildman–Crippen LogP) is 4.72. The third-order valence-corrected chi connectivity index (χ3v) is 7.88. The molecule has 0 radical (unpaired) electrons. The molecule has 1 heterocycles. The fourth-order valence-corrected chi connectivity index (χ4v) is 5.12. The summed E-state index contributed by atoms with van der Waals surface area (Å²) in [6.45, 7) is 0.424. The van der Waals surface area contributed by atoms with Gasteiger partial charge in [-0.15, -0.1) is 0 Å². The van der Waals surface area contributed by atoms with Gasteiger partial charge in [-0.2, -0.15) is 0 Å². The van der Waals surface area contributed by atoms with Crippen molar-refractivity contribution in [1.82, 2.24) is 4.98 Å². The molecule has 0 bridgehead atoms. The zero-order chi connectivity index (χ0) is 32.7. The van der Waals surface area contributed by atoms with Gasteiger partial charge in [-0.05, 0) is 68.1 Å². The maximum atomic E-state index is 15.2. The average Bonchev–Trinajstić information content (AvgIpc) is 3.84. The number of halogens is 2. The zero-order valence-electron chi connectivity index (χ0n) is 27.1. The van der Waals surface area contributed by atoms with Crippen LogP contribution in [-0.2, 0) is 14.4 Å². The number of unbranched alkanes of at least 4 members (excludes halogenated alkanes) is 3. The normalized spacial score (nSPS) is 12.8. The minimum Gasteiger partial charge on any atom is -1.00 e. The van der Waals surface area contributed by atoms with Crippen molar-refractivity contribution in [2.24, 2.45) is 5.41 Å². The van der Waals surface area contributed by atoms with E-state index >= 15 is 4.39 Å². The zero-order valence-corrected chi connectivity index (χ0v) is 28.9. The van der Waals surface area contributed by atoms with Gasteiger partial charge >= 0.3 is 35.5 Å². The van der Waals surface area contributed by atoms with E-state index in [9.17, 15) is 14.4 Å². The van der Waals surface area contributed by atoms with Crippen LogP contribution in [0.25, 0.3) is 10.9 Å². The Morgan fingerprint density at radius 3 is 2.30 bits per heavy atom. The molecule has 0 spiro atoms. The molecule has 13 heteroatoms. The van der Waals surface area contributed by atoms with E-state index in [1.165, 1.54) is 25.4 Å². The number of pyridine rings is 1. The SMILES string of the molecule is COc1cc2c(Oc3ccc(NC(=O)C4(C(=O)Nc5cccc(Cl)c5)CC4)cc3F)ccnc2cc1OCCCCCCC(=O)O.[H-].[Na+]. The molecule has 1 aliphatic carbocycles. The minimum atomic E-state index is -1.24. The number of hydrogen-bond acceptors (Lipinski definition) is 7. The van der Waals surface area contributed by atoms with Gasteiger partial charge < -0.3 is 31.4 Å². The Hall–Kier alpha value is -3.90. The van der Waals surface area contributed by atoms with Crippen molar-refractivity contribution in [1.29, 1.82) is 0 Å². The Morgan fingerprint density at radius 2 is 1.64 bits per heavy atom. The van der Waals surface area contributed by atoms with Crippen LogP contribution in [0.3, 0.4) is 0 Å². The molecule has 10 nitrogen and oxygen atoms in total.